The molecule has 0 amide bonds. The van der Waals surface area contributed by atoms with Gasteiger partial charge in [-0.1, -0.05) is 18.1 Å². The van der Waals surface area contributed by atoms with Crippen LogP contribution in [0, 0.1) is 23.2 Å². The van der Waals surface area contributed by atoms with Crippen LogP contribution in [0.25, 0.3) is 0 Å². The van der Waals surface area contributed by atoms with Gasteiger partial charge in [0.2, 0.25) is 0 Å². The summed E-state index contributed by atoms with van der Waals surface area (Å²) in [5.74, 6) is 0.0322. The Morgan fingerprint density at radius 1 is 1.15 bits per heavy atom. The van der Waals surface area contributed by atoms with Crippen LogP contribution < -0.4 is 29.6 Å². The van der Waals surface area contributed by atoms with Crippen molar-refractivity contribution in [3.63, 3.8) is 0 Å². The van der Waals surface area contributed by atoms with Gasteiger partial charge >= 0.3 is 40.0 Å². The number of aliphatic hydroxyl groups is 1. The summed E-state index contributed by atoms with van der Waals surface area (Å²) in [6, 6.07) is 0. The molecule has 1 unspecified atom stereocenters. The average molecular weight is 394 g/mol. The Bertz CT molecular complexity index is 753. The van der Waals surface area contributed by atoms with Gasteiger partial charge in [0.1, 0.15) is 5.78 Å². The standard InChI is InChI=1S/C18H26O6S.Na.H/c1-17-8-6-13-12-7-9-18(20,24-25(21,22)23)10-11(12)2-3-14(13)15(17)4-5-16(17)19;;/h13-15,20H,2-10H2,1H3,(H,21,22,23);;/q;+1;-1/t13-,14-,15?,17-,18+;;/m0../s1. The number of carbonyl (C=O) groups excluding carboxylic acids is 1. The molecule has 2 saturated carbocycles. The molecule has 5 atom stereocenters. The van der Waals surface area contributed by atoms with Crippen molar-refractivity contribution in [2.24, 2.45) is 23.2 Å². The Hall–Kier alpha value is 0.240. The first-order chi connectivity index (χ1) is 11.6. The first-order valence-corrected chi connectivity index (χ1v) is 10.6. The van der Waals surface area contributed by atoms with Crippen molar-refractivity contribution in [1.82, 2.24) is 0 Å². The van der Waals surface area contributed by atoms with E-state index in [1.54, 1.807) is 0 Å². The second kappa shape index (κ2) is 6.94. The largest absolute Gasteiger partial charge is 1.00 e. The van der Waals surface area contributed by atoms with Gasteiger partial charge in [-0.3, -0.25) is 9.35 Å². The summed E-state index contributed by atoms with van der Waals surface area (Å²) < 4.78 is 35.5. The Morgan fingerprint density at radius 3 is 2.58 bits per heavy atom. The maximum Gasteiger partial charge on any atom is 1.00 e. The molecule has 4 rings (SSSR count). The molecule has 142 valence electrons. The van der Waals surface area contributed by atoms with Gasteiger partial charge in [-0.25, -0.2) is 4.18 Å². The van der Waals surface area contributed by atoms with Crippen LogP contribution in [0.5, 0.6) is 0 Å². The summed E-state index contributed by atoms with van der Waals surface area (Å²) in [6.45, 7) is 2.15. The Labute approximate surface area is 178 Å². The van der Waals surface area contributed by atoms with Gasteiger partial charge in [0, 0.05) is 24.7 Å². The predicted molar refractivity (Wildman–Crippen MR) is 90.9 cm³/mol. The first-order valence-electron chi connectivity index (χ1n) is 9.26. The minimum atomic E-state index is -4.68. The summed E-state index contributed by atoms with van der Waals surface area (Å²) >= 11 is 0. The van der Waals surface area contributed by atoms with Crippen LogP contribution in [-0.4, -0.2) is 29.6 Å². The second-order valence-electron chi connectivity index (χ2n) is 8.60. The fourth-order valence-electron chi connectivity index (χ4n) is 6.24. The maximum absolute atomic E-state index is 12.4. The third-order valence-electron chi connectivity index (χ3n) is 7.36. The number of carbonyl (C=O) groups is 1. The number of fused-ring (bicyclic) bond motifs is 4. The summed E-state index contributed by atoms with van der Waals surface area (Å²) in [4.78, 5) is 12.4. The fourth-order valence-corrected chi connectivity index (χ4v) is 6.77. The van der Waals surface area contributed by atoms with Gasteiger partial charge in [-0.2, -0.15) is 8.42 Å². The van der Waals surface area contributed by atoms with E-state index in [0.29, 0.717) is 36.4 Å². The quantitative estimate of drug-likeness (QED) is 0.294. The van der Waals surface area contributed by atoms with Crippen molar-refractivity contribution in [2.45, 2.75) is 70.5 Å². The van der Waals surface area contributed by atoms with E-state index < -0.39 is 16.2 Å². The molecule has 0 aromatic rings. The van der Waals surface area contributed by atoms with Crippen LogP contribution in [0.1, 0.15) is 66.1 Å². The maximum atomic E-state index is 12.4. The van der Waals surface area contributed by atoms with E-state index in [2.05, 4.69) is 11.1 Å². The minimum absolute atomic E-state index is 0. The van der Waals surface area contributed by atoms with Crippen LogP contribution in [-0.2, 0) is 19.4 Å². The predicted octanol–water partition coefficient (Wildman–Crippen LogP) is -0.103. The van der Waals surface area contributed by atoms with Crippen LogP contribution in [0.3, 0.4) is 0 Å². The SMILES string of the molecule is C[C@]12CC[C@H]3C4=C(CC[C@@H]3C1CCC2=O)C[C@](O)(OS(=O)(=O)O)CC4.[H-].[Na+]. The molecule has 0 bridgehead atoms. The van der Waals surface area contributed by atoms with Gasteiger partial charge in [0.15, 0.2) is 5.79 Å². The molecular weight excluding hydrogens is 367 g/mol. The van der Waals surface area contributed by atoms with Crippen molar-refractivity contribution in [2.75, 3.05) is 0 Å². The molecule has 0 heterocycles. The monoisotopic (exact) mass is 394 g/mol. The molecule has 0 aromatic carbocycles. The second-order valence-corrected chi connectivity index (χ2v) is 9.62. The molecular formula is C18H27NaO6S. The van der Waals surface area contributed by atoms with Gasteiger partial charge in [0.05, 0.1) is 0 Å². The molecule has 4 aliphatic carbocycles. The molecule has 0 aromatic heterocycles. The van der Waals surface area contributed by atoms with E-state index in [9.17, 15) is 18.3 Å². The zero-order valence-corrected chi connectivity index (χ0v) is 18.3. The van der Waals surface area contributed by atoms with Crippen molar-refractivity contribution >= 4 is 16.2 Å². The summed E-state index contributed by atoms with van der Waals surface area (Å²) in [5.41, 5.74) is 2.29. The first kappa shape index (κ1) is 21.0. The number of rotatable bonds is 2. The molecule has 8 heteroatoms. The molecule has 6 nitrogen and oxygen atoms in total. The number of ketones is 1. The van der Waals surface area contributed by atoms with Gasteiger partial charge in [0.25, 0.3) is 0 Å². The van der Waals surface area contributed by atoms with E-state index in [1.165, 1.54) is 5.57 Å². The fraction of sp³-hybridized carbons (Fsp3) is 0.833. The zero-order valence-electron chi connectivity index (χ0n) is 16.5. The molecule has 0 aliphatic heterocycles. The number of hydrogen-bond donors (Lipinski definition) is 2. The third kappa shape index (κ3) is 3.49. The van der Waals surface area contributed by atoms with Crippen molar-refractivity contribution in [1.29, 1.82) is 0 Å². The molecule has 0 saturated heterocycles. The van der Waals surface area contributed by atoms with Crippen molar-refractivity contribution in [3.05, 3.63) is 11.1 Å². The van der Waals surface area contributed by atoms with Crippen LogP contribution in [0.2, 0.25) is 0 Å². The average Bonchev–Trinajstić information content (AvgIpc) is 2.80. The van der Waals surface area contributed by atoms with E-state index in [4.69, 9.17) is 4.55 Å². The molecule has 2 N–H and O–H groups in total. The van der Waals surface area contributed by atoms with Crippen LogP contribution in [0.15, 0.2) is 11.1 Å². The van der Waals surface area contributed by atoms with E-state index >= 15 is 0 Å². The van der Waals surface area contributed by atoms with Crippen LogP contribution >= 0.6 is 0 Å². The Morgan fingerprint density at radius 2 is 1.88 bits per heavy atom. The number of Topliss-reactive ketones (excluding diaryl/α,β-unsaturated/α-hetero) is 1. The normalized spacial score (nSPS) is 42.6. The summed E-state index contributed by atoms with van der Waals surface area (Å²) in [5, 5.41) is 10.4. The van der Waals surface area contributed by atoms with Gasteiger partial charge in [-0.05, 0) is 56.3 Å². The van der Waals surface area contributed by atoms with E-state index in [0.717, 1.165) is 37.7 Å². The van der Waals surface area contributed by atoms with Gasteiger partial charge in [-0.15, -0.1) is 0 Å². The Balaban J connectivity index is 0.00000131. The smallest absolute Gasteiger partial charge is 1.00 e. The Kier molecular flexibility index (Phi) is 5.59. The molecule has 26 heavy (non-hydrogen) atoms. The van der Waals surface area contributed by atoms with Gasteiger partial charge < -0.3 is 6.53 Å². The third-order valence-corrected chi connectivity index (χ3v) is 7.88. The number of hydrogen-bond acceptors (Lipinski definition) is 5. The number of allylic oxidation sites excluding steroid dienone is 1. The molecule has 0 spiro atoms. The van der Waals surface area contributed by atoms with E-state index in [-0.39, 0.29) is 49.2 Å². The van der Waals surface area contributed by atoms with Crippen molar-refractivity contribution in [3.8, 4) is 0 Å². The molecule has 0 radical (unpaired) electrons. The summed E-state index contributed by atoms with van der Waals surface area (Å²) in [6.07, 6.45) is 6.35. The van der Waals surface area contributed by atoms with E-state index in [1.807, 2.05) is 0 Å². The zero-order chi connectivity index (χ0) is 18.0. The molecule has 2 fully saturated rings. The summed E-state index contributed by atoms with van der Waals surface area (Å²) in [7, 11) is -4.68. The topological polar surface area (TPSA) is 101 Å². The minimum Gasteiger partial charge on any atom is -1.00 e. The molecule has 4 aliphatic rings. The van der Waals surface area contributed by atoms with Crippen LogP contribution in [0.4, 0.5) is 0 Å². The van der Waals surface area contributed by atoms with Crippen molar-refractivity contribution < 1.29 is 58.0 Å².